The maximum Gasteiger partial charge on any atom is 0.151 e. The standard InChI is InChI=1S/C23H25N3O2/c1-15(12-16(2)27)18-8-10-19(11-9-18)28-20-13-26(14-20)23-17(3)24-21-6-4-5-7-22(21)25-23/h4-11,15,20H,12-14H2,1-3H3/t15-/m1/s1. The van der Waals surface area contributed by atoms with Crippen LogP contribution >= 0.6 is 0 Å². The molecule has 144 valence electrons. The lowest BCUT2D eigenvalue weighted by molar-refractivity contribution is -0.117. The summed E-state index contributed by atoms with van der Waals surface area (Å²) >= 11 is 0. The van der Waals surface area contributed by atoms with Crippen LogP contribution in [0.3, 0.4) is 0 Å². The van der Waals surface area contributed by atoms with Gasteiger partial charge in [0.1, 0.15) is 17.6 Å². The first-order chi connectivity index (χ1) is 13.5. The number of fused-ring (bicyclic) bond motifs is 1. The van der Waals surface area contributed by atoms with Crippen LogP contribution in [-0.2, 0) is 4.79 Å². The van der Waals surface area contributed by atoms with Crippen LogP contribution in [-0.4, -0.2) is 34.9 Å². The van der Waals surface area contributed by atoms with E-state index in [1.807, 2.05) is 43.3 Å². The molecule has 0 radical (unpaired) electrons. The summed E-state index contributed by atoms with van der Waals surface area (Å²) in [6.07, 6.45) is 0.720. The average molecular weight is 375 g/mol. The van der Waals surface area contributed by atoms with Crippen LogP contribution in [0.5, 0.6) is 5.75 Å². The Labute approximate surface area is 165 Å². The van der Waals surface area contributed by atoms with Gasteiger partial charge in [0.2, 0.25) is 0 Å². The zero-order valence-corrected chi connectivity index (χ0v) is 16.6. The maximum atomic E-state index is 11.3. The molecular formula is C23H25N3O2. The number of nitrogens with zero attached hydrogens (tertiary/aromatic N) is 3. The number of ether oxygens (including phenoxy) is 1. The van der Waals surface area contributed by atoms with Gasteiger partial charge in [-0.15, -0.1) is 0 Å². The SMILES string of the molecule is CC(=O)C[C@@H](C)c1ccc(OC2CN(c3nc4ccccc4nc3C)C2)cc1. The Bertz CT molecular complexity index is 994. The summed E-state index contributed by atoms with van der Waals surface area (Å²) in [7, 11) is 0. The van der Waals surface area contributed by atoms with Gasteiger partial charge < -0.3 is 14.4 Å². The second-order valence-corrected chi connectivity index (χ2v) is 7.64. The second-order valence-electron chi connectivity index (χ2n) is 7.64. The van der Waals surface area contributed by atoms with Gasteiger partial charge in [0.05, 0.1) is 29.8 Å². The molecule has 1 aromatic heterocycles. The molecule has 0 aliphatic carbocycles. The van der Waals surface area contributed by atoms with Gasteiger partial charge in [-0.1, -0.05) is 31.2 Å². The van der Waals surface area contributed by atoms with Gasteiger partial charge in [0.25, 0.3) is 0 Å². The molecule has 0 N–H and O–H groups in total. The molecule has 1 fully saturated rings. The molecule has 4 rings (SSSR count). The topological polar surface area (TPSA) is 55.3 Å². The first-order valence-electron chi connectivity index (χ1n) is 9.74. The van der Waals surface area contributed by atoms with Crippen molar-refractivity contribution in [1.82, 2.24) is 9.97 Å². The third-order valence-corrected chi connectivity index (χ3v) is 5.21. The number of aromatic nitrogens is 2. The van der Waals surface area contributed by atoms with Crippen LogP contribution in [0.1, 0.15) is 37.4 Å². The minimum Gasteiger partial charge on any atom is -0.487 e. The van der Waals surface area contributed by atoms with Crippen LogP contribution < -0.4 is 9.64 Å². The normalized spacial score (nSPS) is 15.3. The van der Waals surface area contributed by atoms with Crippen LogP contribution in [0.25, 0.3) is 11.0 Å². The highest BCUT2D eigenvalue weighted by Crippen LogP contribution is 2.27. The summed E-state index contributed by atoms with van der Waals surface area (Å²) in [5.41, 5.74) is 3.96. The van der Waals surface area contributed by atoms with Gasteiger partial charge in [0.15, 0.2) is 5.82 Å². The summed E-state index contributed by atoms with van der Waals surface area (Å²) < 4.78 is 6.09. The van der Waals surface area contributed by atoms with Crippen molar-refractivity contribution in [1.29, 1.82) is 0 Å². The van der Waals surface area contributed by atoms with E-state index in [0.29, 0.717) is 6.42 Å². The quantitative estimate of drug-likeness (QED) is 0.643. The van der Waals surface area contributed by atoms with Crippen molar-refractivity contribution >= 4 is 22.6 Å². The van der Waals surface area contributed by atoms with Gasteiger partial charge in [-0.05, 0) is 49.6 Å². The fourth-order valence-electron chi connectivity index (χ4n) is 3.68. The lowest BCUT2D eigenvalue weighted by Gasteiger charge is -2.40. The number of para-hydroxylation sites is 2. The lowest BCUT2D eigenvalue weighted by Crippen LogP contribution is -2.54. The Morgan fingerprint density at radius 2 is 1.75 bits per heavy atom. The number of benzene rings is 2. The van der Waals surface area contributed by atoms with E-state index in [2.05, 4.69) is 28.9 Å². The Hall–Kier alpha value is -2.95. The highest BCUT2D eigenvalue weighted by Gasteiger charge is 2.31. The van der Waals surface area contributed by atoms with E-state index in [1.165, 1.54) is 5.56 Å². The molecule has 1 aliphatic rings. The van der Waals surface area contributed by atoms with E-state index < -0.39 is 0 Å². The zero-order chi connectivity index (χ0) is 19.7. The van der Waals surface area contributed by atoms with Crippen molar-refractivity contribution in [3.8, 4) is 5.75 Å². The van der Waals surface area contributed by atoms with Gasteiger partial charge >= 0.3 is 0 Å². The Kier molecular flexibility index (Phi) is 4.99. The molecule has 0 bridgehead atoms. The number of anilines is 1. The highest BCUT2D eigenvalue weighted by molar-refractivity contribution is 5.77. The molecule has 0 unspecified atom stereocenters. The smallest absolute Gasteiger partial charge is 0.151 e. The number of hydrogen-bond donors (Lipinski definition) is 0. The first kappa shape index (κ1) is 18.4. The van der Waals surface area contributed by atoms with Gasteiger partial charge in [-0.25, -0.2) is 9.97 Å². The second kappa shape index (κ2) is 7.58. The molecule has 1 atom stereocenters. The van der Waals surface area contributed by atoms with Crippen molar-refractivity contribution in [3.63, 3.8) is 0 Å². The molecule has 0 saturated carbocycles. The van der Waals surface area contributed by atoms with Gasteiger partial charge in [0, 0.05) is 6.42 Å². The molecule has 5 nitrogen and oxygen atoms in total. The predicted octanol–water partition coefficient (Wildman–Crippen LogP) is 4.29. The van der Waals surface area contributed by atoms with Gasteiger partial charge in [-0.3, -0.25) is 0 Å². The average Bonchev–Trinajstić information content (AvgIpc) is 2.64. The Morgan fingerprint density at radius 1 is 1.11 bits per heavy atom. The molecule has 5 heteroatoms. The summed E-state index contributed by atoms with van der Waals surface area (Å²) in [6, 6.07) is 16.0. The third kappa shape index (κ3) is 3.84. The maximum absolute atomic E-state index is 11.3. The minimum absolute atomic E-state index is 0.146. The van der Waals surface area contributed by atoms with Crippen molar-refractivity contribution in [2.75, 3.05) is 18.0 Å². The molecule has 0 spiro atoms. The monoisotopic (exact) mass is 375 g/mol. The summed E-state index contributed by atoms with van der Waals surface area (Å²) in [4.78, 5) is 22.9. The van der Waals surface area contributed by atoms with Crippen LogP contribution in [0.15, 0.2) is 48.5 Å². The fraction of sp³-hybridized carbons (Fsp3) is 0.348. The van der Waals surface area contributed by atoms with E-state index >= 15 is 0 Å². The Balaban J connectivity index is 1.37. The lowest BCUT2D eigenvalue weighted by atomic mass is 9.96. The molecule has 2 aromatic carbocycles. The summed E-state index contributed by atoms with van der Waals surface area (Å²) in [5, 5.41) is 0. The fourth-order valence-corrected chi connectivity index (χ4v) is 3.68. The minimum atomic E-state index is 0.146. The van der Waals surface area contributed by atoms with E-state index in [9.17, 15) is 4.79 Å². The number of carbonyl (C=O) groups is 1. The predicted molar refractivity (Wildman–Crippen MR) is 111 cm³/mol. The van der Waals surface area contributed by atoms with E-state index in [4.69, 9.17) is 9.72 Å². The van der Waals surface area contributed by atoms with E-state index in [-0.39, 0.29) is 17.8 Å². The number of aryl methyl sites for hydroxylation is 1. The Morgan fingerprint density at radius 3 is 2.39 bits per heavy atom. The number of ketones is 1. The van der Waals surface area contributed by atoms with Crippen molar-refractivity contribution in [2.45, 2.75) is 39.2 Å². The first-order valence-corrected chi connectivity index (χ1v) is 9.74. The summed E-state index contributed by atoms with van der Waals surface area (Å²) in [5.74, 6) is 2.26. The molecule has 28 heavy (non-hydrogen) atoms. The molecule has 3 aromatic rings. The molecule has 0 amide bonds. The van der Waals surface area contributed by atoms with Crippen LogP contribution in [0.4, 0.5) is 5.82 Å². The number of Topliss-reactive ketones (excluding diaryl/α,β-unsaturated/α-hetero) is 1. The van der Waals surface area contributed by atoms with Crippen molar-refractivity contribution < 1.29 is 9.53 Å². The van der Waals surface area contributed by atoms with E-state index in [0.717, 1.165) is 41.4 Å². The number of hydrogen-bond acceptors (Lipinski definition) is 5. The number of carbonyl (C=O) groups excluding carboxylic acids is 1. The molecule has 2 heterocycles. The van der Waals surface area contributed by atoms with Crippen LogP contribution in [0, 0.1) is 6.92 Å². The third-order valence-electron chi connectivity index (χ3n) is 5.21. The molecule has 1 saturated heterocycles. The van der Waals surface area contributed by atoms with Gasteiger partial charge in [-0.2, -0.15) is 0 Å². The molecular weight excluding hydrogens is 350 g/mol. The van der Waals surface area contributed by atoms with Crippen LogP contribution in [0.2, 0.25) is 0 Å². The largest absolute Gasteiger partial charge is 0.487 e. The number of rotatable bonds is 6. The zero-order valence-electron chi connectivity index (χ0n) is 16.6. The van der Waals surface area contributed by atoms with E-state index in [1.54, 1.807) is 6.92 Å². The molecule has 1 aliphatic heterocycles. The van der Waals surface area contributed by atoms with Crippen molar-refractivity contribution in [2.24, 2.45) is 0 Å². The summed E-state index contributed by atoms with van der Waals surface area (Å²) in [6.45, 7) is 7.32. The van der Waals surface area contributed by atoms with Crippen molar-refractivity contribution in [3.05, 3.63) is 59.8 Å². The highest BCUT2D eigenvalue weighted by atomic mass is 16.5.